The minimum absolute atomic E-state index is 0.234. The second-order valence-corrected chi connectivity index (χ2v) is 11.8. The quantitative estimate of drug-likeness (QED) is 0.371. The molecule has 2 rings (SSSR count). The number of fused-ring (bicyclic) bond motifs is 1. The van der Waals surface area contributed by atoms with Gasteiger partial charge in [0.15, 0.2) is 5.78 Å². The number of Topliss-reactive ketones (excluding diaryl/α,β-unsaturated/α-hetero) is 3. The second-order valence-electron chi connectivity index (χ2n) is 6.27. The maximum Gasteiger partial charge on any atom is 0.230 e. The first-order chi connectivity index (χ1) is 9.31. The predicted octanol–water partition coefficient (Wildman–Crippen LogP) is 3.15. The van der Waals surface area contributed by atoms with Crippen LogP contribution in [0.3, 0.4) is 0 Å². The van der Waals surface area contributed by atoms with Crippen molar-refractivity contribution in [1.29, 1.82) is 0 Å². The Labute approximate surface area is 119 Å². The fraction of sp³-hybridized carbons (Fsp3) is 0.312. The molecule has 0 radical (unpaired) electrons. The molecule has 20 heavy (non-hydrogen) atoms. The third kappa shape index (κ3) is 2.85. The van der Waals surface area contributed by atoms with Crippen molar-refractivity contribution >= 4 is 25.4 Å². The van der Waals surface area contributed by atoms with Crippen molar-refractivity contribution in [1.82, 2.24) is 0 Å². The van der Waals surface area contributed by atoms with Crippen molar-refractivity contribution in [2.45, 2.75) is 25.7 Å². The summed E-state index contributed by atoms with van der Waals surface area (Å²) in [6, 6.07) is 7.41. The SMILES string of the molecule is C[Si](C)(C)CC=CC1C(=O)C(=O)c2ccccc2C1=O. The standard InChI is InChI=1S/C16H18O3Si/c1-20(2,3)10-6-9-13-14(17)11-7-4-5-8-12(11)15(18)16(13)19/h4-9,13H,10H2,1-3H3. The normalized spacial score (nSPS) is 19.6. The molecule has 0 spiro atoms. The van der Waals surface area contributed by atoms with Crippen molar-refractivity contribution in [2.75, 3.05) is 0 Å². The molecular weight excluding hydrogens is 268 g/mol. The zero-order valence-corrected chi connectivity index (χ0v) is 13.0. The van der Waals surface area contributed by atoms with Crippen LogP contribution >= 0.6 is 0 Å². The van der Waals surface area contributed by atoms with E-state index in [1.807, 2.05) is 6.08 Å². The molecule has 0 amide bonds. The van der Waals surface area contributed by atoms with Gasteiger partial charge in [0.2, 0.25) is 11.6 Å². The van der Waals surface area contributed by atoms with E-state index >= 15 is 0 Å². The molecule has 0 N–H and O–H groups in total. The molecule has 0 saturated heterocycles. The fourth-order valence-electron chi connectivity index (χ4n) is 2.19. The van der Waals surface area contributed by atoms with Gasteiger partial charge in [-0.15, -0.1) is 0 Å². The molecule has 1 aromatic rings. The summed E-state index contributed by atoms with van der Waals surface area (Å²) in [5.74, 6) is -2.37. The van der Waals surface area contributed by atoms with Crippen molar-refractivity contribution in [2.24, 2.45) is 5.92 Å². The topological polar surface area (TPSA) is 51.2 Å². The number of rotatable bonds is 3. The lowest BCUT2D eigenvalue weighted by Gasteiger charge is -2.19. The van der Waals surface area contributed by atoms with Gasteiger partial charge in [0.25, 0.3) is 0 Å². The van der Waals surface area contributed by atoms with Gasteiger partial charge in [-0.3, -0.25) is 14.4 Å². The van der Waals surface area contributed by atoms with Crippen LogP contribution in [-0.4, -0.2) is 25.4 Å². The van der Waals surface area contributed by atoms with E-state index in [1.165, 1.54) is 6.07 Å². The van der Waals surface area contributed by atoms with E-state index < -0.39 is 25.6 Å². The Hall–Kier alpha value is -1.81. The van der Waals surface area contributed by atoms with Crippen LogP contribution in [0.2, 0.25) is 25.7 Å². The van der Waals surface area contributed by atoms with Crippen molar-refractivity contribution in [3.8, 4) is 0 Å². The Bertz CT molecular complexity index is 608. The smallest absolute Gasteiger partial charge is 0.230 e. The van der Waals surface area contributed by atoms with Gasteiger partial charge < -0.3 is 0 Å². The van der Waals surface area contributed by atoms with Crippen LogP contribution in [0, 0.1) is 5.92 Å². The molecule has 3 nitrogen and oxygen atoms in total. The van der Waals surface area contributed by atoms with E-state index in [-0.39, 0.29) is 11.3 Å². The number of benzene rings is 1. The summed E-state index contributed by atoms with van der Waals surface area (Å²) >= 11 is 0. The Morgan fingerprint density at radius 3 is 2.20 bits per heavy atom. The number of carbonyl (C=O) groups is 3. The Kier molecular flexibility index (Phi) is 3.86. The maximum absolute atomic E-state index is 12.3. The lowest BCUT2D eigenvalue weighted by atomic mass is 9.81. The van der Waals surface area contributed by atoms with E-state index in [1.54, 1.807) is 24.3 Å². The van der Waals surface area contributed by atoms with Crippen molar-refractivity contribution in [3.63, 3.8) is 0 Å². The van der Waals surface area contributed by atoms with Crippen molar-refractivity contribution < 1.29 is 14.4 Å². The third-order valence-corrected chi connectivity index (χ3v) is 4.75. The van der Waals surface area contributed by atoms with Gasteiger partial charge >= 0.3 is 0 Å². The summed E-state index contributed by atoms with van der Waals surface area (Å²) in [6.07, 6.45) is 3.49. The summed E-state index contributed by atoms with van der Waals surface area (Å²) in [5.41, 5.74) is 0.595. The molecule has 1 aliphatic rings. The van der Waals surface area contributed by atoms with Crippen LogP contribution in [0.4, 0.5) is 0 Å². The number of hydrogen-bond acceptors (Lipinski definition) is 3. The van der Waals surface area contributed by atoms with E-state index in [4.69, 9.17) is 0 Å². The molecule has 0 aromatic heterocycles. The number of hydrogen-bond donors (Lipinski definition) is 0. The van der Waals surface area contributed by atoms with E-state index in [0.717, 1.165) is 6.04 Å². The van der Waals surface area contributed by atoms with Crippen LogP contribution < -0.4 is 0 Å². The maximum atomic E-state index is 12.3. The highest BCUT2D eigenvalue weighted by molar-refractivity contribution is 6.76. The Morgan fingerprint density at radius 1 is 1.00 bits per heavy atom. The summed E-state index contributed by atoms with van der Waals surface area (Å²) in [6.45, 7) is 6.63. The number of ketones is 3. The van der Waals surface area contributed by atoms with Gasteiger partial charge in [-0.05, 0) is 6.04 Å². The Morgan fingerprint density at radius 2 is 1.60 bits per heavy atom. The molecule has 1 aromatic carbocycles. The van der Waals surface area contributed by atoms with Crippen molar-refractivity contribution in [3.05, 3.63) is 47.5 Å². The van der Waals surface area contributed by atoms with Gasteiger partial charge in [-0.25, -0.2) is 0 Å². The van der Waals surface area contributed by atoms with Gasteiger partial charge in [-0.2, -0.15) is 0 Å². The van der Waals surface area contributed by atoms with E-state index in [9.17, 15) is 14.4 Å². The molecule has 104 valence electrons. The molecule has 1 aliphatic carbocycles. The minimum atomic E-state index is -1.27. The average Bonchev–Trinajstić information content (AvgIpc) is 2.39. The fourth-order valence-corrected chi connectivity index (χ4v) is 3.03. The molecular formula is C16H18O3Si. The monoisotopic (exact) mass is 286 g/mol. The zero-order chi connectivity index (χ0) is 14.9. The first kappa shape index (κ1) is 14.6. The molecule has 4 heteroatoms. The molecule has 0 saturated carbocycles. The van der Waals surface area contributed by atoms with Crippen LogP contribution in [0.15, 0.2) is 36.4 Å². The first-order valence-electron chi connectivity index (χ1n) is 6.70. The minimum Gasteiger partial charge on any atom is -0.293 e. The summed E-state index contributed by atoms with van der Waals surface area (Å²) in [5, 5.41) is 0. The highest BCUT2D eigenvalue weighted by Gasteiger charge is 2.38. The molecule has 0 bridgehead atoms. The Balaban J connectivity index is 2.31. The predicted molar refractivity (Wildman–Crippen MR) is 80.9 cm³/mol. The first-order valence-corrected chi connectivity index (χ1v) is 10.4. The van der Waals surface area contributed by atoms with E-state index in [0.29, 0.717) is 5.56 Å². The van der Waals surface area contributed by atoms with Crippen LogP contribution in [0.1, 0.15) is 20.7 Å². The van der Waals surface area contributed by atoms with Gasteiger partial charge in [0.1, 0.15) is 5.92 Å². The highest BCUT2D eigenvalue weighted by Crippen LogP contribution is 2.24. The van der Waals surface area contributed by atoms with Crippen LogP contribution in [-0.2, 0) is 4.79 Å². The molecule has 1 unspecified atom stereocenters. The van der Waals surface area contributed by atoms with Crippen LogP contribution in [0.5, 0.6) is 0 Å². The average molecular weight is 286 g/mol. The third-order valence-electron chi connectivity index (χ3n) is 3.28. The number of carbonyl (C=O) groups excluding carboxylic acids is 3. The second kappa shape index (κ2) is 5.29. The molecule has 1 atom stereocenters. The molecule has 0 fully saturated rings. The summed E-state index contributed by atoms with van der Waals surface area (Å²) in [4.78, 5) is 36.4. The van der Waals surface area contributed by atoms with E-state index in [2.05, 4.69) is 19.6 Å². The lowest BCUT2D eigenvalue weighted by molar-refractivity contribution is -0.116. The molecule has 0 aliphatic heterocycles. The van der Waals surface area contributed by atoms with Gasteiger partial charge in [-0.1, -0.05) is 56.1 Å². The van der Waals surface area contributed by atoms with Crippen LogP contribution in [0.25, 0.3) is 0 Å². The summed E-state index contributed by atoms with van der Waals surface area (Å²) < 4.78 is 0. The lowest BCUT2D eigenvalue weighted by Crippen LogP contribution is -2.35. The van der Waals surface area contributed by atoms with Gasteiger partial charge in [0.05, 0.1) is 0 Å². The summed E-state index contributed by atoms with van der Waals surface area (Å²) in [7, 11) is -1.27. The zero-order valence-electron chi connectivity index (χ0n) is 12.0. The molecule has 0 heterocycles. The highest BCUT2D eigenvalue weighted by atomic mass is 28.3. The largest absolute Gasteiger partial charge is 0.293 e. The number of allylic oxidation sites excluding steroid dienone is 2. The van der Waals surface area contributed by atoms with Gasteiger partial charge in [0, 0.05) is 19.2 Å².